The zero-order valence-electron chi connectivity index (χ0n) is 7.45. The van der Waals surface area contributed by atoms with Crippen LogP contribution in [-0.4, -0.2) is 22.4 Å². The third-order valence-corrected chi connectivity index (χ3v) is 2.43. The number of rotatable bonds is 2. The molecule has 0 aromatic rings. The average molecular weight is 168 g/mol. The summed E-state index contributed by atoms with van der Waals surface area (Å²) in [6.07, 6.45) is 5.12. The highest BCUT2D eigenvalue weighted by molar-refractivity contribution is 5.15. The molecule has 2 unspecified atom stereocenters. The zero-order chi connectivity index (χ0) is 9.19. The SMILES string of the molecule is C=C(C)C1C=CC(O)(CO)CC1. The molecule has 0 aliphatic heterocycles. The molecule has 0 amide bonds. The summed E-state index contributed by atoms with van der Waals surface area (Å²) in [7, 11) is 0. The van der Waals surface area contributed by atoms with Gasteiger partial charge in [-0.05, 0) is 25.7 Å². The van der Waals surface area contributed by atoms with Crippen molar-refractivity contribution in [3.05, 3.63) is 24.3 Å². The molecule has 0 saturated carbocycles. The first-order chi connectivity index (χ1) is 5.57. The Bertz CT molecular complexity index is 208. The molecule has 12 heavy (non-hydrogen) atoms. The molecule has 0 spiro atoms. The van der Waals surface area contributed by atoms with Crippen molar-refractivity contribution in [3.63, 3.8) is 0 Å². The molecular formula is C10H16O2. The minimum atomic E-state index is -0.980. The molecule has 0 radical (unpaired) electrons. The Labute approximate surface area is 73.2 Å². The van der Waals surface area contributed by atoms with Crippen LogP contribution in [0.3, 0.4) is 0 Å². The maximum absolute atomic E-state index is 9.61. The molecule has 0 aromatic carbocycles. The predicted molar refractivity (Wildman–Crippen MR) is 48.7 cm³/mol. The van der Waals surface area contributed by atoms with E-state index in [4.69, 9.17) is 5.11 Å². The third-order valence-electron chi connectivity index (χ3n) is 2.43. The van der Waals surface area contributed by atoms with Crippen LogP contribution in [0.2, 0.25) is 0 Å². The normalized spacial score (nSPS) is 35.1. The number of hydrogen-bond acceptors (Lipinski definition) is 2. The Morgan fingerprint density at radius 1 is 1.75 bits per heavy atom. The van der Waals surface area contributed by atoms with Crippen LogP contribution in [0, 0.1) is 5.92 Å². The van der Waals surface area contributed by atoms with Crippen LogP contribution in [0.5, 0.6) is 0 Å². The van der Waals surface area contributed by atoms with Crippen LogP contribution in [0.4, 0.5) is 0 Å². The molecule has 2 nitrogen and oxygen atoms in total. The molecule has 68 valence electrons. The topological polar surface area (TPSA) is 40.5 Å². The Morgan fingerprint density at radius 3 is 2.75 bits per heavy atom. The molecule has 1 aliphatic rings. The van der Waals surface area contributed by atoms with Gasteiger partial charge in [0.05, 0.1) is 6.61 Å². The van der Waals surface area contributed by atoms with Crippen LogP contribution in [0.15, 0.2) is 24.3 Å². The third kappa shape index (κ3) is 1.96. The van der Waals surface area contributed by atoms with Gasteiger partial charge in [0.25, 0.3) is 0 Å². The van der Waals surface area contributed by atoms with Crippen molar-refractivity contribution in [3.8, 4) is 0 Å². The summed E-state index contributed by atoms with van der Waals surface area (Å²) in [5, 5.41) is 18.5. The smallest absolute Gasteiger partial charge is 0.106 e. The highest BCUT2D eigenvalue weighted by atomic mass is 16.3. The largest absolute Gasteiger partial charge is 0.393 e. The maximum atomic E-state index is 9.61. The second-order valence-corrected chi connectivity index (χ2v) is 3.61. The van der Waals surface area contributed by atoms with Crippen LogP contribution in [0.25, 0.3) is 0 Å². The molecule has 0 fully saturated rings. The first-order valence-corrected chi connectivity index (χ1v) is 4.25. The summed E-state index contributed by atoms with van der Waals surface area (Å²) in [6, 6.07) is 0. The van der Waals surface area contributed by atoms with Gasteiger partial charge in [0.15, 0.2) is 0 Å². The van der Waals surface area contributed by atoms with Gasteiger partial charge in [-0.15, -0.1) is 0 Å². The molecule has 0 bridgehead atoms. The van der Waals surface area contributed by atoms with Crippen molar-refractivity contribution in [1.29, 1.82) is 0 Å². The number of hydrogen-bond donors (Lipinski definition) is 2. The molecule has 0 saturated heterocycles. The van der Waals surface area contributed by atoms with Crippen LogP contribution in [0.1, 0.15) is 19.8 Å². The maximum Gasteiger partial charge on any atom is 0.106 e. The fourth-order valence-corrected chi connectivity index (χ4v) is 1.42. The van der Waals surface area contributed by atoms with Gasteiger partial charge in [-0.3, -0.25) is 0 Å². The van der Waals surface area contributed by atoms with E-state index in [2.05, 4.69) is 6.58 Å². The molecule has 0 heterocycles. The lowest BCUT2D eigenvalue weighted by Crippen LogP contribution is -2.33. The summed E-state index contributed by atoms with van der Waals surface area (Å²) in [6.45, 7) is 5.65. The highest BCUT2D eigenvalue weighted by Gasteiger charge is 2.27. The second-order valence-electron chi connectivity index (χ2n) is 3.61. The molecule has 2 atom stereocenters. The van der Waals surface area contributed by atoms with E-state index >= 15 is 0 Å². The van der Waals surface area contributed by atoms with E-state index in [0.29, 0.717) is 12.3 Å². The van der Waals surface area contributed by atoms with E-state index in [9.17, 15) is 5.11 Å². The van der Waals surface area contributed by atoms with Crippen molar-refractivity contribution in [2.45, 2.75) is 25.4 Å². The fraction of sp³-hybridized carbons (Fsp3) is 0.600. The Hall–Kier alpha value is -0.600. The van der Waals surface area contributed by atoms with Gasteiger partial charge in [-0.25, -0.2) is 0 Å². The standard InChI is InChI=1S/C10H16O2/c1-8(2)9-3-5-10(12,7-11)6-4-9/h3,5,9,11-12H,1,4,6-7H2,2H3. The van der Waals surface area contributed by atoms with Crippen LogP contribution in [-0.2, 0) is 0 Å². The van der Waals surface area contributed by atoms with Crippen LogP contribution < -0.4 is 0 Å². The second kappa shape index (κ2) is 3.42. The molecule has 2 N–H and O–H groups in total. The van der Waals surface area contributed by atoms with E-state index in [-0.39, 0.29) is 6.61 Å². The van der Waals surface area contributed by atoms with Crippen molar-refractivity contribution in [1.82, 2.24) is 0 Å². The summed E-state index contributed by atoms with van der Waals surface area (Å²) in [5.74, 6) is 0.372. The molecular weight excluding hydrogens is 152 g/mol. The van der Waals surface area contributed by atoms with Gasteiger partial charge < -0.3 is 10.2 Å². The minimum Gasteiger partial charge on any atom is -0.393 e. The van der Waals surface area contributed by atoms with E-state index in [1.165, 1.54) is 0 Å². The lowest BCUT2D eigenvalue weighted by Gasteiger charge is -2.29. The van der Waals surface area contributed by atoms with Crippen molar-refractivity contribution in [2.75, 3.05) is 6.61 Å². The first-order valence-electron chi connectivity index (χ1n) is 4.25. The van der Waals surface area contributed by atoms with Gasteiger partial charge >= 0.3 is 0 Å². The Balaban J connectivity index is 2.64. The summed E-state index contributed by atoms with van der Waals surface area (Å²) in [4.78, 5) is 0. The molecule has 1 aliphatic carbocycles. The van der Waals surface area contributed by atoms with Gasteiger partial charge in [-0.1, -0.05) is 24.3 Å². The van der Waals surface area contributed by atoms with Crippen molar-refractivity contribution >= 4 is 0 Å². The average Bonchev–Trinajstić information content (AvgIpc) is 2.05. The fourth-order valence-electron chi connectivity index (χ4n) is 1.42. The van der Waals surface area contributed by atoms with Gasteiger partial charge in [0.2, 0.25) is 0 Å². The Morgan fingerprint density at radius 2 is 2.42 bits per heavy atom. The lowest BCUT2D eigenvalue weighted by molar-refractivity contribution is 0.0127. The van der Waals surface area contributed by atoms with Crippen LogP contribution >= 0.6 is 0 Å². The Kier molecular flexibility index (Phi) is 2.70. The van der Waals surface area contributed by atoms with E-state index < -0.39 is 5.60 Å². The predicted octanol–water partition coefficient (Wildman–Crippen LogP) is 1.25. The van der Waals surface area contributed by atoms with E-state index in [1.54, 1.807) is 6.08 Å². The molecule has 0 aromatic heterocycles. The molecule has 1 rings (SSSR count). The first kappa shape index (κ1) is 9.49. The van der Waals surface area contributed by atoms with E-state index in [1.807, 2.05) is 13.0 Å². The monoisotopic (exact) mass is 168 g/mol. The quantitative estimate of drug-likeness (QED) is 0.609. The summed E-state index contributed by atoms with van der Waals surface area (Å²) in [5.41, 5.74) is 0.137. The van der Waals surface area contributed by atoms with Crippen molar-refractivity contribution in [2.24, 2.45) is 5.92 Å². The molecule has 2 heteroatoms. The van der Waals surface area contributed by atoms with Gasteiger partial charge in [-0.2, -0.15) is 0 Å². The summed E-state index contributed by atoms with van der Waals surface area (Å²) < 4.78 is 0. The van der Waals surface area contributed by atoms with Gasteiger partial charge in [0, 0.05) is 0 Å². The van der Waals surface area contributed by atoms with E-state index in [0.717, 1.165) is 12.0 Å². The summed E-state index contributed by atoms with van der Waals surface area (Å²) >= 11 is 0. The van der Waals surface area contributed by atoms with Gasteiger partial charge in [0.1, 0.15) is 5.60 Å². The number of aliphatic hydroxyl groups excluding tert-OH is 1. The van der Waals surface area contributed by atoms with Crippen molar-refractivity contribution < 1.29 is 10.2 Å². The zero-order valence-corrected chi connectivity index (χ0v) is 7.45. The number of allylic oxidation sites excluding steroid dienone is 2. The highest BCUT2D eigenvalue weighted by Crippen LogP contribution is 2.28. The minimum absolute atomic E-state index is 0.188. The lowest BCUT2D eigenvalue weighted by atomic mass is 9.83. The number of aliphatic hydroxyl groups is 2.